The van der Waals surface area contributed by atoms with Gasteiger partial charge in [-0.3, -0.25) is 9.69 Å². The molecule has 5 rings (SSSR count). The SMILES string of the molecule is C/C=C/C(=O)N1CCN(c2nc(OCCN3CCC(F)CC3)nc3c(F)c(-c4c(O)cccc4F)c(Cl)cc23)CC1. The summed E-state index contributed by atoms with van der Waals surface area (Å²) in [7, 11) is 0. The van der Waals surface area contributed by atoms with E-state index in [-0.39, 0.29) is 45.6 Å². The number of amides is 1. The number of hydrogen-bond acceptors (Lipinski definition) is 7. The molecule has 2 aromatic carbocycles. The smallest absolute Gasteiger partial charge is 0.319 e. The summed E-state index contributed by atoms with van der Waals surface area (Å²) in [6.07, 6.45) is 3.34. The maximum Gasteiger partial charge on any atom is 0.319 e. The zero-order valence-corrected chi connectivity index (χ0v) is 23.4. The van der Waals surface area contributed by atoms with Gasteiger partial charge in [0.2, 0.25) is 5.91 Å². The van der Waals surface area contributed by atoms with Crippen molar-refractivity contribution < 1.29 is 27.8 Å². The largest absolute Gasteiger partial charge is 0.507 e. The van der Waals surface area contributed by atoms with Crippen molar-refractivity contribution in [2.75, 3.05) is 57.3 Å². The number of fused-ring (bicyclic) bond motifs is 1. The van der Waals surface area contributed by atoms with Crippen LogP contribution in [0.5, 0.6) is 11.8 Å². The highest BCUT2D eigenvalue weighted by molar-refractivity contribution is 6.34. The Morgan fingerprint density at radius 3 is 2.54 bits per heavy atom. The van der Waals surface area contributed by atoms with Crippen LogP contribution in [0.2, 0.25) is 5.02 Å². The lowest BCUT2D eigenvalue weighted by atomic mass is 10.0. The van der Waals surface area contributed by atoms with E-state index in [0.29, 0.717) is 64.5 Å². The highest BCUT2D eigenvalue weighted by Crippen LogP contribution is 2.42. The summed E-state index contributed by atoms with van der Waals surface area (Å²) in [6.45, 7) is 5.42. The minimum atomic E-state index is -0.923. The van der Waals surface area contributed by atoms with Gasteiger partial charge in [-0.25, -0.2) is 13.2 Å². The lowest BCUT2D eigenvalue weighted by molar-refractivity contribution is -0.126. The van der Waals surface area contributed by atoms with E-state index in [1.807, 2.05) is 4.90 Å². The number of hydrogen-bond donors (Lipinski definition) is 1. The van der Waals surface area contributed by atoms with Gasteiger partial charge >= 0.3 is 6.01 Å². The van der Waals surface area contributed by atoms with Gasteiger partial charge in [-0.1, -0.05) is 23.7 Å². The molecule has 218 valence electrons. The molecule has 1 N–H and O–H groups in total. The first-order valence-electron chi connectivity index (χ1n) is 13.6. The van der Waals surface area contributed by atoms with Crippen molar-refractivity contribution in [1.29, 1.82) is 0 Å². The predicted molar refractivity (Wildman–Crippen MR) is 151 cm³/mol. The molecule has 0 aliphatic carbocycles. The first kappa shape index (κ1) is 28.9. The summed E-state index contributed by atoms with van der Waals surface area (Å²) in [5, 5.41) is 10.5. The van der Waals surface area contributed by atoms with Crippen LogP contribution < -0.4 is 9.64 Å². The molecule has 3 heterocycles. The summed E-state index contributed by atoms with van der Waals surface area (Å²) in [5.41, 5.74) is -0.828. The van der Waals surface area contributed by atoms with Crippen molar-refractivity contribution in [3.63, 3.8) is 0 Å². The number of allylic oxidation sites excluding steroid dienone is 1. The summed E-state index contributed by atoms with van der Waals surface area (Å²) >= 11 is 6.50. The van der Waals surface area contributed by atoms with Crippen molar-refractivity contribution in [2.45, 2.75) is 25.9 Å². The first-order chi connectivity index (χ1) is 19.8. The molecule has 0 radical (unpaired) electrons. The van der Waals surface area contributed by atoms with E-state index < -0.39 is 23.6 Å². The van der Waals surface area contributed by atoms with Crippen LogP contribution >= 0.6 is 11.6 Å². The summed E-state index contributed by atoms with van der Waals surface area (Å²) in [4.78, 5) is 26.9. The Balaban J connectivity index is 1.51. The molecular formula is C29H31ClF3N5O3. The minimum Gasteiger partial charge on any atom is -0.507 e. The highest BCUT2D eigenvalue weighted by atomic mass is 35.5. The Bertz CT molecular complexity index is 1440. The molecule has 8 nitrogen and oxygen atoms in total. The number of likely N-dealkylation sites (tertiary alicyclic amines) is 1. The molecule has 1 amide bonds. The first-order valence-corrected chi connectivity index (χ1v) is 14.0. The van der Waals surface area contributed by atoms with Gasteiger partial charge in [-0.05, 0) is 44.0 Å². The molecular weight excluding hydrogens is 559 g/mol. The number of rotatable bonds is 7. The number of aromatic nitrogens is 2. The number of piperazine rings is 1. The fourth-order valence-electron chi connectivity index (χ4n) is 5.23. The molecule has 2 aliphatic rings. The van der Waals surface area contributed by atoms with E-state index in [0.717, 1.165) is 6.07 Å². The molecule has 2 aliphatic heterocycles. The number of aromatic hydroxyl groups is 1. The molecule has 2 saturated heterocycles. The monoisotopic (exact) mass is 589 g/mol. The molecule has 0 bridgehead atoms. The third kappa shape index (κ3) is 6.20. The lowest BCUT2D eigenvalue weighted by Gasteiger charge is -2.35. The Hall–Kier alpha value is -3.57. The fourth-order valence-corrected chi connectivity index (χ4v) is 5.52. The van der Waals surface area contributed by atoms with Crippen LogP contribution in [0.3, 0.4) is 0 Å². The standard InChI is InChI=1S/C29H31ClF3N5O3/c1-2-4-23(40)37-11-13-38(14-12-37)28-19-17-20(30)24(25-21(32)5-3-6-22(25)39)26(33)27(19)34-29(35-28)41-16-15-36-9-7-18(31)8-10-36/h2-6,17-18,39H,7-16H2,1H3/b4-2+. The van der Waals surface area contributed by atoms with Gasteiger partial charge in [0.15, 0.2) is 5.82 Å². The Morgan fingerprint density at radius 2 is 1.85 bits per heavy atom. The highest BCUT2D eigenvalue weighted by Gasteiger charge is 2.28. The lowest BCUT2D eigenvalue weighted by Crippen LogP contribution is -2.48. The number of piperidine rings is 1. The van der Waals surface area contributed by atoms with Gasteiger partial charge in [0, 0.05) is 56.8 Å². The van der Waals surface area contributed by atoms with E-state index in [9.17, 15) is 18.7 Å². The van der Waals surface area contributed by atoms with Crippen molar-refractivity contribution in [2.24, 2.45) is 0 Å². The number of benzene rings is 2. The van der Waals surface area contributed by atoms with Gasteiger partial charge in [0.1, 0.15) is 35.7 Å². The fraction of sp³-hybridized carbons (Fsp3) is 0.414. The third-order valence-corrected chi connectivity index (χ3v) is 7.74. The zero-order chi connectivity index (χ0) is 29.1. The summed E-state index contributed by atoms with van der Waals surface area (Å²) < 4.78 is 50.3. The average molecular weight is 590 g/mol. The second kappa shape index (κ2) is 12.5. The molecule has 0 saturated carbocycles. The Morgan fingerprint density at radius 1 is 1.12 bits per heavy atom. The number of carbonyl (C=O) groups excluding carboxylic acids is 1. The second-order valence-electron chi connectivity index (χ2n) is 10.1. The van der Waals surface area contributed by atoms with Crippen molar-refractivity contribution >= 4 is 34.2 Å². The number of phenolic OH excluding ortho intramolecular Hbond substituents is 1. The minimum absolute atomic E-state index is 0.0785. The van der Waals surface area contributed by atoms with Gasteiger partial charge in [0.05, 0.1) is 10.6 Å². The Labute approximate surface area is 241 Å². The number of alkyl halides is 1. The molecule has 0 atom stereocenters. The van der Waals surface area contributed by atoms with Crippen LogP contribution in [0.15, 0.2) is 36.4 Å². The maximum atomic E-state index is 16.2. The van der Waals surface area contributed by atoms with E-state index in [2.05, 4.69) is 14.9 Å². The van der Waals surface area contributed by atoms with Crippen LogP contribution in [0.4, 0.5) is 19.0 Å². The van der Waals surface area contributed by atoms with Gasteiger partial charge in [-0.2, -0.15) is 9.97 Å². The molecule has 0 spiro atoms. The number of ether oxygens (including phenoxy) is 1. The number of phenols is 1. The van der Waals surface area contributed by atoms with Crippen molar-refractivity contribution in [3.05, 3.63) is 53.1 Å². The van der Waals surface area contributed by atoms with E-state index >= 15 is 4.39 Å². The number of carbonyl (C=O) groups is 1. The topological polar surface area (TPSA) is 82.0 Å². The Kier molecular flexibility index (Phi) is 8.84. The van der Waals surface area contributed by atoms with Gasteiger partial charge < -0.3 is 19.6 Å². The summed E-state index contributed by atoms with van der Waals surface area (Å²) in [5.74, 6) is -1.95. The van der Waals surface area contributed by atoms with Crippen LogP contribution in [0.25, 0.3) is 22.0 Å². The second-order valence-corrected chi connectivity index (χ2v) is 10.5. The van der Waals surface area contributed by atoms with Crippen molar-refractivity contribution in [1.82, 2.24) is 19.8 Å². The summed E-state index contributed by atoms with van der Waals surface area (Å²) in [6, 6.07) is 5.04. The number of halogens is 4. The molecule has 2 fully saturated rings. The molecule has 1 aromatic heterocycles. The van der Waals surface area contributed by atoms with Crippen molar-refractivity contribution in [3.8, 4) is 22.9 Å². The van der Waals surface area contributed by atoms with Gasteiger partial charge in [-0.15, -0.1) is 0 Å². The quantitative estimate of drug-likeness (QED) is 0.390. The van der Waals surface area contributed by atoms with Crippen LogP contribution in [-0.2, 0) is 4.79 Å². The van der Waals surface area contributed by atoms with E-state index in [1.54, 1.807) is 17.9 Å². The van der Waals surface area contributed by atoms with E-state index in [4.69, 9.17) is 16.3 Å². The number of anilines is 1. The van der Waals surface area contributed by atoms with Crippen LogP contribution in [-0.4, -0.2) is 89.4 Å². The molecule has 3 aromatic rings. The zero-order valence-electron chi connectivity index (χ0n) is 22.6. The van der Waals surface area contributed by atoms with Crippen LogP contribution in [0, 0.1) is 11.6 Å². The molecule has 12 heteroatoms. The third-order valence-electron chi connectivity index (χ3n) is 7.44. The van der Waals surface area contributed by atoms with E-state index in [1.165, 1.54) is 24.3 Å². The average Bonchev–Trinajstić information content (AvgIpc) is 2.96. The maximum absolute atomic E-state index is 16.2. The molecule has 0 unspecified atom stereocenters. The number of nitrogens with zero attached hydrogens (tertiary/aromatic N) is 5. The van der Waals surface area contributed by atoms with Gasteiger partial charge in [0.25, 0.3) is 0 Å². The molecule has 41 heavy (non-hydrogen) atoms. The van der Waals surface area contributed by atoms with Crippen LogP contribution in [0.1, 0.15) is 19.8 Å². The predicted octanol–water partition coefficient (Wildman–Crippen LogP) is 4.97. The normalized spacial score (nSPS) is 17.1.